The average molecular weight is 357 g/mol. The normalized spacial score (nSPS) is 12.2. The van der Waals surface area contributed by atoms with E-state index in [1.807, 2.05) is 38.1 Å². The lowest BCUT2D eigenvalue weighted by Gasteiger charge is -2.15. The van der Waals surface area contributed by atoms with Crippen molar-refractivity contribution in [2.75, 3.05) is 7.11 Å². The van der Waals surface area contributed by atoms with E-state index >= 15 is 0 Å². The molecule has 0 radical (unpaired) electrons. The van der Waals surface area contributed by atoms with Gasteiger partial charge in [-0.1, -0.05) is 12.1 Å². The van der Waals surface area contributed by atoms with Crippen LogP contribution in [-0.4, -0.2) is 16.9 Å². The fourth-order valence-electron chi connectivity index (χ4n) is 2.91. The van der Waals surface area contributed by atoms with Gasteiger partial charge in [0.25, 0.3) is 0 Å². The molecule has 1 aromatic heterocycles. The first-order valence-corrected chi connectivity index (χ1v) is 8.36. The number of hydrogen-bond acceptors (Lipinski definition) is 3. The van der Waals surface area contributed by atoms with E-state index < -0.39 is 11.6 Å². The van der Waals surface area contributed by atoms with Crippen LogP contribution in [0.2, 0.25) is 0 Å². The Balaban J connectivity index is 1.76. The Morgan fingerprint density at radius 3 is 2.73 bits per heavy atom. The first kappa shape index (κ1) is 18.1. The summed E-state index contributed by atoms with van der Waals surface area (Å²) in [7, 11) is 1.64. The van der Waals surface area contributed by atoms with Gasteiger partial charge in [-0.3, -0.25) is 0 Å². The lowest BCUT2D eigenvalue weighted by molar-refractivity contribution is 0.414. The summed E-state index contributed by atoms with van der Waals surface area (Å²) < 4.78 is 33.9. The van der Waals surface area contributed by atoms with Gasteiger partial charge in [0.2, 0.25) is 0 Å². The molecule has 6 heteroatoms. The highest BCUT2D eigenvalue weighted by Crippen LogP contribution is 2.23. The molecular formula is C20H21F2N3O. The Kier molecular flexibility index (Phi) is 5.32. The van der Waals surface area contributed by atoms with Crippen LogP contribution in [0.5, 0.6) is 5.75 Å². The molecule has 2 aromatic carbocycles. The molecule has 1 atom stereocenters. The highest BCUT2D eigenvalue weighted by atomic mass is 19.1. The Morgan fingerprint density at radius 1 is 1.19 bits per heavy atom. The Morgan fingerprint density at radius 2 is 2.00 bits per heavy atom. The highest BCUT2D eigenvalue weighted by molar-refractivity contribution is 5.37. The molecule has 26 heavy (non-hydrogen) atoms. The summed E-state index contributed by atoms with van der Waals surface area (Å²) in [5.41, 5.74) is 3.10. The molecule has 0 spiro atoms. The van der Waals surface area contributed by atoms with Crippen molar-refractivity contribution >= 4 is 0 Å². The Labute approximate surface area is 151 Å². The van der Waals surface area contributed by atoms with Gasteiger partial charge in [-0.05, 0) is 43.7 Å². The summed E-state index contributed by atoms with van der Waals surface area (Å²) >= 11 is 0. The van der Waals surface area contributed by atoms with Crippen molar-refractivity contribution in [2.45, 2.75) is 26.4 Å². The second-order valence-electron chi connectivity index (χ2n) is 6.15. The number of benzene rings is 2. The van der Waals surface area contributed by atoms with Crippen LogP contribution in [0.15, 0.2) is 48.7 Å². The van der Waals surface area contributed by atoms with Crippen LogP contribution in [0.1, 0.15) is 29.8 Å². The number of halogens is 2. The first-order valence-electron chi connectivity index (χ1n) is 8.36. The van der Waals surface area contributed by atoms with Crippen LogP contribution < -0.4 is 10.1 Å². The van der Waals surface area contributed by atoms with E-state index in [-0.39, 0.29) is 11.7 Å². The van der Waals surface area contributed by atoms with Gasteiger partial charge >= 0.3 is 0 Å². The van der Waals surface area contributed by atoms with Crippen LogP contribution in [0.25, 0.3) is 5.69 Å². The number of nitrogens with zero attached hydrogens (tertiary/aromatic N) is 2. The summed E-state index contributed by atoms with van der Waals surface area (Å²) in [6.45, 7) is 4.55. The fourth-order valence-corrected chi connectivity index (χ4v) is 2.91. The van der Waals surface area contributed by atoms with Crippen molar-refractivity contribution in [3.8, 4) is 11.4 Å². The monoisotopic (exact) mass is 357 g/mol. The smallest absolute Gasteiger partial charge is 0.151 e. The minimum absolute atomic E-state index is 0.0125. The standard InChI is InChI=1S/C20H21F2N3O/c1-13(23-11-15-5-4-6-17(9-15)26-3)18-12-24-25(14(18)2)20-8-7-16(21)10-19(20)22/h4-10,12-13,23H,11H2,1-3H3/t13-/m0/s1. The third kappa shape index (κ3) is 3.75. The molecule has 1 heterocycles. The van der Waals surface area contributed by atoms with Crippen LogP contribution in [0.3, 0.4) is 0 Å². The van der Waals surface area contributed by atoms with Gasteiger partial charge in [0, 0.05) is 29.9 Å². The van der Waals surface area contributed by atoms with Crippen molar-refractivity contribution in [1.82, 2.24) is 15.1 Å². The molecule has 0 fully saturated rings. The average Bonchev–Trinajstić information content (AvgIpc) is 3.01. The van der Waals surface area contributed by atoms with Crippen LogP contribution in [0, 0.1) is 18.6 Å². The van der Waals surface area contributed by atoms with Crippen molar-refractivity contribution in [2.24, 2.45) is 0 Å². The topological polar surface area (TPSA) is 39.1 Å². The van der Waals surface area contributed by atoms with E-state index in [0.29, 0.717) is 6.54 Å². The van der Waals surface area contributed by atoms with E-state index in [0.717, 1.165) is 28.6 Å². The predicted octanol–water partition coefficient (Wildman–Crippen LogP) is 4.32. The first-order chi connectivity index (χ1) is 12.5. The van der Waals surface area contributed by atoms with E-state index in [2.05, 4.69) is 10.4 Å². The molecule has 0 saturated carbocycles. The number of nitrogens with one attached hydrogen (secondary N) is 1. The Hall–Kier alpha value is -2.73. The molecule has 1 N–H and O–H groups in total. The molecule has 0 saturated heterocycles. The zero-order valence-electron chi connectivity index (χ0n) is 15.0. The van der Waals surface area contributed by atoms with Crippen LogP contribution in [-0.2, 0) is 6.54 Å². The van der Waals surface area contributed by atoms with E-state index in [1.54, 1.807) is 13.3 Å². The van der Waals surface area contributed by atoms with Crippen molar-refractivity contribution in [3.63, 3.8) is 0 Å². The van der Waals surface area contributed by atoms with Crippen LogP contribution in [0.4, 0.5) is 8.78 Å². The van der Waals surface area contributed by atoms with E-state index in [9.17, 15) is 8.78 Å². The number of aromatic nitrogens is 2. The minimum Gasteiger partial charge on any atom is -0.497 e. The third-order valence-corrected chi connectivity index (χ3v) is 4.40. The van der Waals surface area contributed by atoms with Gasteiger partial charge < -0.3 is 10.1 Å². The maximum Gasteiger partial charge on any atom is 0.151 e. The van der Waals surface area contributed by atoms with Crippen LogP contribution >= 0.6 is 0 Å². The number of ether oxygens (including phenoxy) is 1. The lowest BCUT2D eigenvalue weighted by Crippen LogP contribution is -2.18. The van der Waals surface area contributed by atoms with Gasteiger partial charge in [0.05, 0.1) is 13.3 Å². The molecular weight excluding hydrogens is 336 g/mol. The molecule has 136 valence electrons. The second kappa shape index (κ2) is 7.66. The second-order valence-corrected chi connectivity index (χ2v) is 6.15. The summed E-state index contributed by atoms with van der Waals surface area (Å²) in [4.78, 5) is 0. The van der Waals surface area contributed by atoms with Gasteiger partial charge in [-0.25, -0.2) is 13.5 Å². The summed E-state index contributed by atoms with van der Waals surface area (Å²) in [5, 5.41) is 7.71. The molecule has 3 rings (SSSR count). The molecule has 0 aliphatic heterocycles. The van der Waals surface area contributed by atoms with Crippen molar-refractivity contribution < 1.29 is 13.5 Å². The summed E-state index contributed by atoms with van der Waals surface area (Å²) in [6, 6.07) is 11.3. The van der Waals surface area contributed by atoms with Crippen molar-refractivity contribution in [3.05, 3.63) is 77.1 Å². The van der Waals surface area contributed by atoms with Gasteiger partial charge in [0.1, 0.15) is 17.3 Å². The maximum absolute atomic E-state index is 14.0. The minimum atomic E-state index is -0.639. The summed E-state index contributed by atoms with van der Waals surface area (Å²) in [6.07, 6.45) is 1.71. The van der Waals surface area contributed by atoms with Gasteiger partial charge in [-0.2, -0.15) is 5.10 Å². The number of methoxy groups -OCH3 is 1. The zero-order valence-corrected chi connectivity index (χ0v) is 15.0. The maximum atomic E-state index is 14.0. The molecule has 0 amide bonds. The molecule has 0 bridgehead atoms. The van der Waals surface area contributed by atoms with E-state index in [4.69, 9.17) is 4.74 Å². The molecule has 4 nitrogen and oxygen atoms in total. The zero-order chi connectivity index (χ0) is 18.7. The molecule has 0 unspecified atom stereocenters. The summed E-state index contributed by atoms with van der Waals surface area (Å²) in [5.74, 6) is -0.433. The number of hydrogen-bond donors (Lipinski definition) is 1. The van der Waals surface area contributed by atoms with Gasteiger partial charge in [-0.15, -0.1) is 0 Å². The SMILES string of the molecule is COc1cccc(CN[C@@H](C)c2cnn(-c3ccc(F)cc3F)c2C)c1. The lowest BCUT2D eigenvalue weighted by atomic mass is 10.1. The quantitative estimate of drug-likeness (QED) is 0.714. The van der Waals surface area contributed by atoms with E-state index in [1.165, 1.54) is 16.8 Å². The fraction of sp³-hybridized carbons (Fsp3) is 0.250. The largest absolute Gasteiger partial charge is 0.497 e. The molecule has 0 aliphatic carbocycles. The molecule has 3 aromatic rings. The van der Waals surface area contributed by atoms with Crippen molar-refractivity contribution in [1.29, 1.82) is 0 Å². The molecule has 0 aliphatic rings. The Bertz CT molecular complexity index is 908. The highest BCUT2D eigenvalue weighted by Gasteiger charge is 2.16. The van der Waals surface area contributed by atoms with Gasteiger partial charge in [0.15, 0.2) is 5.82 Å². The predicted molar refractivity (Wildman–Crippen MR) is 96.5 cm³/mol. The number of rotatable bonds is 6. The third-order valence-electron chi connectivity index (χ3n) is 4.40.